The number of hydrogen-bond acceptors (Lipinski definition) is 3. The van der Waals surface area contributed by atoms with Crippen molar-refractivity contribution < 1.29 is 13.5 Å². The Hall–Kier alpha value is -0.430. The Labute approximate surface area is 117 Å². The van der Waals surface area contributed by atoms with Crippen LogP contribution < -0.4 is 4.72 Å². The van der Waals surface area contributed by atoms with Gasteiger partial charge in [-0.05, 0) is 53.4 Å². The second kappa shape index (κ2) is 6.14. The lowest BCUT2D eigenvalue weighted by molar-refractivity contribution is 0.281. The maximum atomic E-state index is 12.2. The van der Waals surface area contributed by atoms with Gasteiger partial charge < -0.3 is 5.11 Å². The van der Waals surface area contributed by atoms with Gasteiger partial charge in [-0.3, -0.25) is 0 Å². The molecular weight excluding hydrogens is 318 g/mol. The van der Waals surface area contributed by atoms with Crippen molar-refractivity contribution in [3.8, 4) is 0 Å². The summed E-state index contributed by atoms with van der Waals surface area (Å²) >= 11 is 3.29. The molecule has 0 spiro atoms. The predicted octanol–water partition coefficient (Wildman–Crippen LogP) is 2.33. The molecule has 0 aliphatic rings. The summed E-state index contributed by atoms with van der Waals surface area (Å²) in [6.07, 6.45) is 0.718. The zero-order chi connectivity index (χ0) is 13.9. The fourth-order valence-corrected chi connectivity index (χ4v) is 3.90. The molecule has 0 saturated carbocycles. The molecule has 102 valence electrons. The van der Waals surface area contributed by atoms with Gasteiger partial charge in [0, 0.05) is 10.5 Å². The van der Waals surface area contributed by atoms with Crippen molar-refractivity contribution in [2.24, 2.45) is 0 Å². The number of benzene rings is 1. The van der Waals surface area contributed by atoms with Crippen molar-refractivity contribution in [2.75, 3.05) is 0 Å². The summed E-state index contributed by atoms with van der Waals surface area (Å²) in [5, 5.41) is 9.14. The molecule has 1 unspecified atom stereocenters. The molecule has 4 nitrogen and oxygen atoms in total. The van der Waals surface area contributed by atoms with Gasteiger partial charge in [0.2, 0.25) is 10.0 Å². The number of aliphatic hydroxyl groups is 1. The summed E-state index contributed by atoms with van der Waals surface area (Å²) in [4.78, 5) is 0.173. The van der Waals surface area contributed by atoms with Crippen LogP contribution >= 0.6 is 15.9 Å². The minimum absolute atomic E-state index is 0.125. The van der Waals surface area contributed by atoms with E-state index in [1.54, 1.807) is 13.0 Å². The Morgan fingerprint density at radius 3 is 2.56 bits per heavy atom. The first-order chi connectivity index (χ1) is 8.31. The van der Waals surface area contributed by atoms with Gasteiger partial charge >= 0.3 is 0 Å². The quantitative estimate of drug-likeness (QED) is 0.867. The molecule has 0 aromatic heterocycles. The SMILES string of the molecule is CCC(C)NS(=O)(=O)c1cc(CO)cc(C)c1Br. The standard InChI is InChI=1S/C12H18BrNO3S/c1-4-9(3)14-18(16,17)11-6-10(7-15)5-8(2)12(11)13/h5-6,9,14-15H,4,7H2,1-3H3. The summed E-state index contributed by atoms with van der Waals surface area (Å²) < 4.78 is 27.6. The molecule has 1 aromatic rings. The fraction of sp³-hybridized carbons (Fsp3) is 0.500. The maximum Gasteiger partial charge on any atom is 0.241 e. The summed E-state index contributed by atoms with van der Waals surface area (Å²) in [5.74, 6) is 0. The van der Waals surface area contributed by atoms with Crippen LogP contribution in [0, 0.1) is 6.92 Å². The van der Waals surface area contributed by atoms with Crippen LogP contribution in [0.5, 0.6) is 0 Å². The second-order valence-electron chi connectivity index (χ2n) is 4.31. The first-order valence-corrected chi connectivity index (χ1v) is 8.01. The summed E-state index contributed by atoms with van der Waals surface area (Å²) in [6.45, 7) is 5.34. The number of rotatable bonds is 5. The van der Waals surface area contributed by atoms with E-state index in [0.29, 0.717) is 10.0 Å². The van der Waals surface area contributed by atoms with E-state index in [1.165, 1.54) is 6.07 Å². The third kappa shape index (κ3) is 3.54. The van der Waals surface area contributed by atoms with Crippen LogP contribution in [-0.2, 0) is 16.6 Å². The topological polar surface area (TPSA) is 66.4 Å². The Balaban J connectivity index is 3.27. The van der Waals surface area contributed by atoms with Crippen LogP contribution in [0.2, 0.25) is 0 Å². The van der Waals surface area contributed by atoms with Crippen molar-refractivity contribution in [1.29, 1.82) is 0 Å². The Morgan fingerprint density at radius 1 is 1.44 bits per heavy atom. The normalized spacial score (nSPS) is 13.6. The van der Waals surface area contributed by atoms with Crippen molar-refractivity contribution in [1.82, 2.24) is 4.72 Å². The van der Waals surface area contributed by atoms with Crippen LogP contribution in [0.25, 0.3) is 0 Å². The monoisotopic (exact) mass is 335 g/mol. The van der Waals surface area contributed by atoms with Crippen LogP contribution in [0.4, 0.5) is 0 Å². The van der Waals surface area contributed by atoms with E-state index < -0.39 is 10.0 Å². The van der Waals surface area contributed by atoms with E-state index in [-0.39, 0.29) is 17.5 Å². The Kier molecular flexibility index (Phi) is 5.33. The molecule has 1 rings (SSSR count). The van der Waals surface area contributed by atoms with E-state index >= 15 is 0 Å². The molecule has 0 heterocycles. The van der Waals surface area contributed by atoms with Crippen molar-refractivity contribution >= 4 is 26.0 Å². The van der Waals surface area contributed by atoms with Crippen LogP contribution in [0.15, 0.2) is 21.5 Å². The zero-order valence-corrected chi connectivity index (χ0v) is 13.1. The van der Waals surface area contributed by atoms with Crippen molar-refractivity contribution in [3.63, 3.8) is 0 Å². The van der Waals surface area contributed by atoms with Crippen LogP contribution in [-0.4, -0.2) is 19.6 Å². The van der Waals surface area contributed by atoms with Gasteiger partial charge in [0.25, 0.3) is 0 Å². The number of sulfonamides is 1. The lowest BCUT2D eigenvalue weighted by Gasteiger charge is -2.15. The molecular formula is C12H18BrNO3S. The number of nitrogens with one attached hydrogen (secondary N) is 1. The summed E-state index contributed by atoms with van der Waals surface area (Å²) in [7, 11) is -3.57. The van der Waals surface area contributed by atoms with Crippen molar-refractivity contribution in [3.05, 3.63) is 27.7 Å². The minimum atomic E-state index is -3.57. The highest BCUT2D eigenvalue weighted by Gasteiger charge is 2.21. The second-order valence-corrected chi connectivity index (χ2v) is 6.79. The van der Waals surface area contributed by atoms with E-state index in [9.17, 15) is 8.42 Å². The maximum absolute atomic E-state index is 12.2. The van der Waals surface area contributed by atoms with Gasteiger partial charge in [0.05, 0.1) is 11.5 Å². The van der Waals surface area contributed by atoms with E-state index in [4.69, 9.17) is 5.11 Å². The number of aliphatic hydroxyl groups excluding tert-OH is 1. The van der Waals surface area contributed by atoms with Gasteiger partial charge in [-0.2, -0.15) is 0 Å². The van der Waals surface area contributed by atoms with Gasteiger partial charge in [-0.25, -0.2) is 13.1 Å². The average Bonchev–Trinajstić information content (AvgIpc) is 2.31. The van der Waals surface area contributed by atoms with Crippen molar-refractivity contribution in [2.45, 2.75) is 44.7 Å². The van der Waals surface area contributed by atoms with Gasteiger partial charge in [-0.1, -0.05) is 13.0 Å². The number of halogens is 1. The van der Waals surface area contributed by atoms with Gasteiger partial charge in [0.1, 0.15) is 0 Å². The first kappa shape index (κ1) is 15.6. The zero-order valence-electron chi connectivity index (χ0n) is 10.7. The molecule has 0 aliphatic carbocycles. The highest BCUT2D eigenvalue weighted by Crippen LogP contribution is 2.27. The third-order valence-electron chi connectivity index (χ3n) is 2.72. The fourth-order valence-electron chi connectivity index (χ4n) is 1.51. The molecule has 0 fully saturated rings. The van der Waals surface area contributed by atoms with E-state index in [0.717, 1.165) is 12.0 Å². The van der Waals surface area contributed by atoms with Gasteiger partial charge in [0.15, 0.2) is 0 Å². The molecule has 0 saturated heterocycles. The highest BCUT2D eigenvalue weighted by atomic mass is 79.9. The van der Waals surface area contributed by atoms with Crippen LogP contribution in [0.1, 0.15) is 31.4 Å². The first-order valence-electron chi connectivity index (χ1n) is 5.74. The lowest BCUT2D eigenvalue weighted by Crippen LogP contribution is -2.32. The summed E-state index contributed by atoms with van der Waals surface area (Å²) in [5.41, 5.74) is 1.37. The summed E-state index contributed by atoms with van der Waals surface area (Å²) in [6, 6.07) is 3.12. The largest absolute Gasteiger partial charge is 0.392 e. The molecule has 1 aromatic carbocycles. The third-order valence-corrected chi connectivity index (χ3v) is 5.65. The molecule has 2 N–H and O–H groups in total. The molecule has 0 amide bonds. The highest BCUT2D eigenvalue weighted by molar-refractivity contribution is 9.10. The average molecular weight is 336 g/mol. The van der Waals surface area contributed by atoms with Crippen LogP contribution in [0.3, 0.4) is 0 Å². The van der Waals surface area contributed by atoms with E-state index in [1.807, 2.05) is 13.8 Å². The van der Waals surface area contributed by atoms with Gasteiger partial charge in [-0.15, -0.1) is 0 Å². The number of aryl methyl sites for hydroxylation is 1. The molecule has 0 aliphatic heterocycles. The molecule has 0 bridgehead atoms. The molecule has 0 radical (unpaired) electrons. The lowest BCUT2D eigenvalue weighted by atomic mass is 10.1. The molecule has 6 heteroatoms. The van der Waals surface area contributed by atoms with E-state index in [2.05, 4.69) is 20.7 Å². The minimum Gasteiger partial charge on any atom is -0.392 e. The Bertz CT molecular complexity index is 528. The molecule has 1 atom stereocenters. The smallest absolute Gasteiger partial charge is 0.241 e. The predicted molar refractivity (Wildman–Crippen MR) is 74.9 cm³/mol. The Morgan fingerprint density at radius 2 is 2.06 bits per heavy atom. The molecule has 18 heavy (non-hydrogen) atoms. The number of hydrogen-bond donors (Lipinski definition) is 2.